The van der Waals surface area contributed by atoms with Gasteiger partial charge in [0, 0.05) is 12.6 Å². The summed E-state index contributed by atoms with van der Waals surface area (Å²) < 4.78 is 32.2. The van der Waals surface area contributed by atoms with Gasteiger partial charge in [0.05, 0.1) is 6.10 Å². The Labute approximate surface area is 115 Å². The van der Waals surface area contributed by atoms with E-state index in [1.165, 1.54) is 12.1 Å². The second-order valence-corrected chi connectivity index (χ2v) is 7.47. The zero-order valence-corrected chi connectivity index (χ0v) is 12.0. The van der Waals surface area contributed by atoms with Crippen molar-refractivity contribution in [3.63, 3.8) is 0 Å². The van der Waals surface area contributed by atoms with Gasteiger partial charge >= 0.3 is 5.97 Å². The van der Waals surface area contributed by atoms with Crippen LogP contribution in [-0.4, -0.2) is 38.2 Å². The fraction of sp³-hybridized carbons (Fsp3) is 0.545. The van der Waals surface area contributed by atoms with E-state index in [2.05, 4.69) is 4.72 Å². The van der Waals surface area contributed by atoms with E-state index in [4.69, 9.17) is 9.84 Å². The van der Waals surface area contributed by atoms with E-state index in [0.717, 1.165) is 11.3 Å². The summed E-state index contributed by atoms with van der Waals surface area (Å²) in [7, 11) is -3.65. The molecule has 1 aliphatic heterocycles. The van der Waals surface area contributed by atoms with E-state index in [1.54, 1.807) is 0 Å². The lowest BCUT2D eigenvalue weighted by Gasteiger charge is -2.27. The van der Waals surface area contributed by atoms with Gasteiger partial charge < -0.3 is 9.84 Å². The molecule has 1 aliphatic rings. The minimum Gasteiger partial charge on any atom is -0.477 e. The molecule has 0 aliphatic carbocycles. The van der Waals surface area contributed by atoms with Crippen molar-refractivity contribution in [1.29, 1.82) is 0 Å². The van der Waals surface area contributed by atoms with Crippen molar-refractivity contribution in [2.24, 2.45) is 0 Å². The fourth-order valence-corrected chi connectivity index (χ4v) is 4.41. The molecular formula is C11H15NO5S2. The maximum atomic E-state index is 12.1. The first-order valence-electron chi connectivity index (χ1n) is 5.85. The van der Waals surface area contributed by atoms with Crippen LogP contribution in [0.1, 0.15) is 29.4 Å². The van der Waals surface area contributed by atoms with Crippen molar-refractivity contribution in [2.75, 3.05) is 6.61 Å². The third kappa shape index (κ3) is 3.53. The van der Waals surface area contributed by atoms with Crippen LogP contribution in [0.5, 0.6) is 0 Å². The van der Waals surface area contributed by atoms with Crippen molar-refractivity contribution in [3.05, 3.63) is 17.0 Å². The molecule has 8 heteroatoms. The van der Waals surface area contributed by atoms with Crippen molar-refractivity contribution in [2.45, 2.75) is 36.1 Å². The predicted molar refractivity (Wildman–Crippen MR) is 70.0 cm³/mol. The van der Waals surface area contributed by atoms with E-state index < -0.39 is 16.0 Å². The summed E-state index contributed by atoms with van der Waals surface area (Å²) in [4.78, 5) is 10.8. The largest absolute Gasteiger partial charge is 0.477 e. The van der Waals surface area contributed by atoms with Gasteiger partial charge in [-0.15, -0.1) is 11.3 Å². The Balaban J connectivity index is 2.10. The zero-order chi connectivity index (χ0) is 14.0. The highest BCUT2D eigenvalue weighted by molar-refractivity contribution is 7.91. The lowest BCUT2D eigenvalue weighted by Crippen LogP contribution is -2.40. The van der Waals surface area contributed by atoms with Crippen LogP contribution in [-0.2, 0) is 14.8 Å². The standard InChI is InChI=1S/C11H15NO5S2/c1-7-6-8(4-5-17-7)12-19(15,16)10-3-2-9(18-10)11(13)14/h2-3,7-8,12H,4-6H2,1H3,(H,13,14). The number of hydrogen-bond acceptors (Lipinski definition) is 5. The molecule has 0 amide bonds. The SMILES string of the molecule is CC1CC(NS(=O)(=O)c2ccc(C(=O)O)s2)CCO1. The van der Waals surface area contributed by atoms with E-state index in [0.29, 0.717) is 19.4 Å². The van der Waals surface area contributed by atoms with Crippen LogP contribution in [0.4, 0.5) is 0 Å². The molecule has 19 heavy (non-hydrogen) atoms. The van der Waals surface area contributed by atoms with Crippen LogP contribution < -0.4 is 4.72 Å². The molecule has 1 saturated heterocycles. The zero-order valence-electron chi connectivity index (χ0n) is 10.3. The van der Waals surface area contributed by atoms with E-state index in [-0.39, 0.29) is 21.2 Å². The molecule has 0 aromatic carbocycles. The number of carboxylic acids is 1. The second-order valence-electron chi connectivity index (χ2n) is 4.45. The number of ether oxygens (including phenoxy) is 1. The van der Waals surface area contributed by atoms with Crippen LogP contribution in [0.2, 0.25) is 0 Å². The highest BCUT2D eigenvalue weighted by atomic mass is 32.2. The van der Waals surface area contributed by atoms with Gasteiger partial charge in [-0.25, -0.2) is 17.9 Å². The Morgan fingerprint density at radius 1 is 1.53 bits per heavy atom. The van der Waals surface area contributed by atoms with Gasteiger partial charge in [-0.05, 0) is 31.9 Å². The predicted octanol–water partition coefficient (Wildman–Crippen LogP) is 1.29. The molecule has 1 fully saturated rings. The summed E-state index contributed by atoms with van der Waals surface area (Å²) in [6, 6.07) is 2.46. The van der Waals surface area contributed by atoms with Crippen LogP contribution in [0.25, 0.3) is 0 Å². The van der Waals surface area contributed by atoms with Crippen molar-refractivity contribution in [3.8, 4) is 0 Å². The first-order chi connectivity index (χ1) is 8.88. The minimum absolute atomic E-state index is 0.0146. The van der Waals surface area contributed by atoms with Crippen LogP contribution in [0, 0.1) is 0 Å². The Kier molecular flexibility index (Phi) is 4.24. The lowest BCUT2D eigenvalue weighted by atomic mass is 10.1. The van der Waals surface area contributed by atoms with E-state index in [9.17, 15) is 13.2 Å². The quantitative estimate of drug-likeness (QED) is 0.874. The van der Waals surface area contributed by atoms with E-state index >= 15 is 0 Å². The van der Waals surface area contributed by atoms with Gasteiger partial charge in [-0.3, -0.25) is 0 Å². The fourth-order valence-electron chi connectivity index (χ4n) is 1.96. The smallest absolute Gasteiger partial charge is 0.345 e. The maximum absolute atomic E-state index is 12.1. The number of aromatic carboxylic acids is 1. The molecule has 106 valence electrons. The first-order valence-corrected chi connectivity index (χ1v) is 8.15. The lowest BCUT2D eigenvalue weighted by molar-refractivity contribution is 0.0173. The van der Waals surface area contributed by atoms with E-state index in [1.807, 2.05) is 6.92 Å². The third-order valence-corrected chi connectivity index (χ3v) is 5.95. The average Bonchev–Trinajstić information content (AvgIpc) is 2.78. The highest BCUT2D eigenvalue weighted by Gasteiger charge is 2.26. The molecule has 6 nitrogen and oxygen atoms in total. The van der Waals surface area contributed by atoms with Crippen molar-refractivity contribution >= 4 is 27.3 Å². The summed E-state index contributed by atoms with van der Waals surface area (Å²) in [5.41, 5.74) is 0. The van der Waals surface area contributed by atoms with Gasteiger partial charge in [0.15, 0.2) is 0 Å². The molecule has 0 saturated carbocycles. The number of thiophene rings is 1. The number of rotatable bonds is 4. The van der Waals surface area contributed by atoms with Gasteiger partial charge in [0.1, 0.15) is 9.09 Å². The molecule has 2 atom stereocenters. The van der Waals surface area contributed by atoms with Gasteiger partial charge in [0.2, 0.25) is 10.0 Å². The number of nitrogens with one attached hydrogen (secondary N) is 1. The molecule has 0 radical (unpaired) electrons. The maximum Gasteiger partial charge on any atom is 0.345 e. The van der Waals surface area contributed by atoms with Crippen molar-refractivity contribution < 1.29 is 23.1 Å². The van der Waals surface area contributed by atoms with Crippen LogP contribution in [0.15, 0.2) is 16.3 Å². The Bertz CT molecular complexity index is 565. The molecule has 1 aromatic heterocycles. The molecule has 2 N–H and O–H groups in total. The number of carbonyl (C=O) groups is 1. The van der Waals surface area contributed by atoms with Crippen molar-refractivity contribution in [1.82, 2.24) is 4.72 Å². The molecule has 2 rings (SSSR count). The third-order valence-electron chi connectivity index (χ3n) is 2.86. The summed E-state index contributed by atoms with van der Waals surface area (Å²) in [6.07, 6.45) is 1.27. The van der Waals surface area contributed by atoms with Crippen LogP contribution >= 0.6 is 11.3 Å². The molecule has 2 unspecified atom stereocenters. The molecule has 0 bridgehead atoms. The Morgan fingerprint density at radius 2 is 2.26 bits per heavy atom. The monoisotopic (exact) mass is 305 g/mol. The first kappa shape index (κ1) is 14.4. The average molecular weight is 305 g/mol. The highest BCUT2D eigenvalue weighted by Crippen LogP contribution is 2.23. The van der Waals surface area contributed by atoms with Gasteiger partial charge in [0.25, 0.3) is 0 Å². The Hall–Kier alpha value is -0.960. The topological polar surface area (TPSA) is 92.7 Å². The summed E-state index contributed by atoms with van der Waals surface area (Å²) in [6.45, 7) is 2.42. The summed E-state index contributed by atoms with van der Waals surface area (Å²) in [5, 5.41) is 8.80. The minimum atomic E-state index is -3.65. The van der Waals surface area contributed by atoms with Gasteiger partial charge in [-0.2, -0.15) is 0 Å². The molecular weight excluding hydrogens is 290 g/mol. The summed E-state index contributed by atoms with van der Waals surface area (Å²) >= 11 is 0.756. The molecule has 1 aromatic rings. The summed E-state index contributed by atoms with van der Waals surface area (Å²) in [5.74, 6) is -1.12. The van der Waals surface area contributed by atoms with Crippen LogP contribution in [0.3, 0.4) is 0 Å². The van der Waals surface area contributed by atoms with Gasteiger partial charge in [-0.1, -0.05) is 0 Å². The number of hydrogen-bond donors (Lipinski definition) is 2. The number of carboxylic acid groups (broad SMARTS) is 1. The normalized spacial score (nSPS) is 24.3. The Morgan fingerprint density at radius 3 is 2.84 bits per heavy atom. The molecule has 0 spiro atoms. The number of sulfonamides is 1. The second kappa shape index (κ2) is 5.58. The molecule has 2 heterocycles.